The second-order valence-corrected chi connectivity index (χ2v) is 5.10. The number of nitrogens with two attached hydrogens (primary N) is 2. The van der Waals surface area contributed by atoms with Crippen LogP contribution >= 0.6 is 0 Å². The van der Waals surface area contributed by atoms with Crippen LogP contribution in [0, 0.1) is 5.92 Å². The molecule has 7 nitrogen and oxygen atoms in total. The molecule has 7 heteroatoms. The van der Waals surface area contributed by atoms with Gasteiger partial charge >= 0.3 is 0 Å². The molecule has 1 unspecified atom stereocenters. The number of aliphatic imine (C=N–C) groups is 1. The highest BCUT2D eigenvalue weighted by atomic mass is 16.2. The highest BCUT2D eigenvalue weighted by molar-refractivity contribution is 6.09. The van der Waals surface area contributed by atoms with Crippen LogP contribution in [0.5, 0.6) is 0 Å². The molecule has 0 radical (unpaired) electrons. The third kappa shape index (κ3) is 2.76. The molecule has 2 amide bonds. The lowest BCUT2D eigenvalue weighted by molar-refractivity contribution is -0.123. The van der Waals surface area contributed by atoms with E-state index in [4.69, 9.17) is 11.7 Å². The van der Waals surface area contributed by atoms with Crippen molar-refractivity contribution < 1.29 is 9.59 Å². The van der Waals surface area contributed by atoms with Crippen molar-refractivity contribution in [3.8, 4) is 0 Å². The summed E-state index contributed by atoms with van der Waals surface area (Å²) < 4.78 is 0. The standard InChI is InChI=1S/C15H19N5O2/c1-8-11(14(21)19-16)13(10-6-4-3-5-7-10)12(9(2)18-8)15(22)20-17/h3-7,11,13H,16-17H2,1-2H3,(H,19,21)(H,20,22)/t11?,13-/m1/s1. The fraction of sp³-hybridized carbons (Fsp3) is 0.267. The number of hydrogen-bond donors (Lipinski definition) is 4. The number of hydrogen-bond acceptors (Lipinski definition) is 5. The van der Waals surface area contributed by atoms with Gasteiger partial charge in [0.1, 0.15) is 0 Å². The van der Waals surface area contributed by atoms with Gasteiger partial charge in [-0.05, 0) is 19.4 Å². The van der Waals surface area contributed by atoms with Crippen molar-refractivity contribution in [2.24, 2.45) is 22.6 Å². The Balaban J connectivity index is 2.64. The molecular weight excluding hydrogens is 282 g/mol. The molecule has 1 aliphatic heterocycles. The third-order valence-corrected chi connectivity index (χ3v) is 3.79. The fourth-order valence-corrected chi connectivity index (χ4v) is 2.86. The minimum absolute atomic E-state index is 0.368. The fourth-order valence-electron chi connectivity index (χ4n) is 2.86. The number of carbonyl (C=O) groups is 2. The van der Waals surface area contributed by atoms with Gasteiger partial charge in [-0.15, -0.1) is 0 Å². The Morgan fingerprint density at radius 2 is 1.73 bits per heavy atom. The Morgan fingerprint density at radius 1 is 1.09 bits per heavy atom. The van der Waals surface area contributed by atoms with Gasteiger partial charge in [-0.3, -0.25) is 25.4 Å². The molecule has 0 fully saturated rings. The number of benzene rings is 1. The first kappa shape index (κ1) is 15.9. The second-order valence-electron chi connectivity index (χ2n) is 5.10. The van der Waals surface area contributed by atoms with E-state index in [1.165, 1.54) is 0 Å². The van der Waals surface area contributed by atoms with Crippen LogP contribution in [0.4, 0.5) is 0 Å². The summed E-state index contributed by atoms with van der Waals surface area (Å²) in [7, 11) is 0. The average Bonchev–Trinajstić information content (AvgIpc) is 2.53. The summed E-state index contributed by atoms with van der Waals surface area (Å²) in [6.45, 7) is 3.47. The van der Waals surface area contributed by atoms with E-state index in [9.17, 15) is 9.59 Å². The molecule has 1 aliphatic rings. The molecule has 0 saturated heterocycles. The van der Waals surface area contributed by atoms with Crippen molar-refractivity contribution in [3.63, 3.8) is 0 Å². The van der Waals surface area contributed by atoms with Gasteiger partial charge in [0.25, 0.3) is 5.91 Å². The van der Waals surface area contributed by atoms with Crippen molar-refractivity contribution in [1.29, 1.82) is 0 Å². The van der Waals surface area contributed by atoms with E-state index in [2.05, 4.69) is 15.8 Å². The zero-order valence-corrected chi connectivity index (χ0v) is 12.5. The molecule has 1 aromatic carbocycles. The van der Waals surface area contributed by atoms with Crippen molar-refractivity contribution in [2.75, 3.05) is 0 Å². The normalized spacial score (nSPS) is 21.2. The Labute approximate surface area is 128 Å². The Bertz CT molecular complexity index is 651. The highest BCUT2D eigenvalue weighted by Gasteiger charge is 2.40. The maximum absolute atomic E-state index is 12.2. The topological polar surface area (TPSA) is 123 Å². The van der Waals surface area contributed by atoms with Crippen LogP contribution in [0.25, 0.3) is 0 Å². The second kappa shape index (κ2) is 6.50. The van der Waals surface area contributed by atoms with Crippen molar-refractivity contribution in [2.45, 2.75) is 19.8 Å². The summed E-state index contributed by atoms with van der Waals surface area (Å²) in [5.41, 5.74) is 6.61. The van der Waals surface area contributed by atoms with E-state index in [0.717, 1.165) is 5.56 Å². The first-order valence-corrected chi connectivity index (χ1v) is 6.83. The molecule has 2 rings (SSSR count). The lowest BCUT2D eigenvalue weighted by Gasteiger charge is -2.31. The minimum atomic E-state index is -0.664. The summed E-state index contributed by atoms with van der Waals surface area (Å²) in [6, 6.07) is 9.28. The molecule has 1 heterocycles. The van der Waals surface area contributed by atoms with Gasteiger partial charge in [-0.1, -0.05) is 30.3 Å². The van der Waals surface area contributed by atoms with Gasteiger partial charge in [-0.2, -0.15) is 0 Å². The first-order valence-electron chi connectivity index (χ1n) is 6.83. The lowest BCUT2D eigenvalue weighted by Crippen LogP contribution is -2.46. The molecule has 0 spiro atoms. The molecule has 6 N–H and O–H groups in total. The zero-order chi connectivity index (χ0) is 16.3. The molecular formula is C15H19N5O2. The summed E-state index contributed by atoms with van der Waals surface area (Å²) in [4.78, 5) is 28.7. The van der Waals surface area contributed by atoms with Gasteiger partial charge in [0, 0.05) is 22.9 Å². The maximum Gasteiger partial charge on any atom is 0.263 e. The lowest BCUT2D eigenvalue weighted by atomic mass is 9.75. The van der Waals surface area contributed by atoms with Gasteiger partial charge in [0.15, 0.2) is 0 Å². The van der Waals surface area contributed by atoms with Crippen molar-refractivity contribution >= 4 is 17.5 Å². The zero-order valence-electron chi connectivity index (χ0n) is 12.5. The Morgan fingerprint density at radius 3 is 2.27 bits per heavy atom. The number of rotatable bonds is 3. The number of hydrazine groups is 2. The molecule has 116 valence electrons. The predicted molar refractivity (Wildman–Crippen MR) is 83.1 cm³/mol. The molecule has 1 aromatic rings. The van der Waals surface area contributed by atoms with E-state index >= 15 is 0 Å². The number of carbonyl (C=O) groups excluding carboxylic acids is 2. The molecule has 0 saturated carbocycles. The van der Waals surface area contributed by atoms with Gasteiger partial charge in [-0.25, -0.2) is 11.7 Å². The first-order chi connectivity index (χ1) is 10.5. The molecule has 22 heavy (non-hydrogen) atoms. The SMILES string of the molecule is CC1=NC(C)=C(C(=O)NN)[C@H](c2ccccc2)C1C(=O)NN. The number of nitrogens with one attached hydrogen (secondary N) is 2. The van der Waals surface area contributed by atoms with E-state index < -0.39 is 23.7 Å². The minimum Gasteiger partial charge on any atom is -0.294 e. The van der Waals surface area contributed by atoms with Crippen LogP contribution < -0.4 is 22.5 Å². The summed E-state index contributed by atoms with van der Waals surface area (Å²) in [5, 5.41) is 0. The van der Waals surface area contributed by atoms with Gasteiger partial charge in [0.2, 0.25) is 5.91 Å². The van der Waals surface area contributed by atoms with Crippen LogP contribution in [0.3, 0.4) is 0 Å². The smallest absolute Gasteiger partial charge is 0.263 e. The summed E-state index contributed by atoms with van der Waals surface area (Å²) >= 11 is 0. The third-order valence-electron chi connectivity index (χ3n) is 3.79. The van der Waals surface area contributed by atoms with Crippen molar-refractivity contribution in [3.05, 3.63) is 47.2 Å². The van der Waals surface area contributed by atoms with Crippen LogP contribution in [0.2, 0.25) is 0 Å². The van der Waals surface area contributed by atoms with E-state index in [1.54, 1.807) is 13.8 Å². The molecule has 0 aromatic heterocycles. The summed E-state index contributed by atoms with van der Waals surface area (Å²) in [5.74, 6) is 8.57. The maximum atomic E-state index is 12.2. The van der Waals surface area contributed by atoms with E-state index in [-0.39, 0.29) is 0 Å². The highest BCUT2D eigenvalue weighted by Crippen LogP contribution is 2.38. The molecule has 0 aliphatic carbocycles. The summed E-state index contributed by atoms with van der Waals surface area (Å²) in [6.07, 6.45) is 0. The number of nitrogens with zero attached hydrogens (tertiary/aromatic N) is 1. The Hall–Kier alpha value is -2.51. The average molecular weight is 301 g/mol. The van der Waals surface area contributed by atoms with Crippen molar-refractivity contribution in [1.82, 2.24) is 10.9 Å². The Kier molecular flexibility index (Phi) is 4.69. The molecule has 0 bridgehead atoms. The monoisotopic (exact) mass is 301 g/mol. The predicted octanol–water partition coefficient (Wildman–Crippen LogP) is 0.115. The molecule has 2 atom stereocenters. The van der Waals surface area contributed by atoms with Crippen LogP contribution in [-0.4, -0.2) is 17.5 Å². The number of amides is 2. The van der Waals surface area contributed by atoms with Gasteiger partial charge in [0.05, 0.1) is 5.92 Å². The van der Waals surface area contributed by atoms with Crippen LogP contribution in [-0.2, 0) is 9.59 Å². The van der Waals surface area contributed by atoms with Crippen LogP contribution in [0.1, 0.15) is 25.3 Å². The largest absolute Gasteiger partial charge is 0.294 e. The van der Waals surface area contributed by atoms with E-state index in [0.29, 0.717) is 17.0 Å². The van der Waals surface area contributed by atoms with E-state index in [1.807, 2.05) is 30.3 Å². The quantitative estimate of drug-likeness (QED) is 0.359. The number of allylic oxidation sites excluding steroid dienone is 1. The van der Waals surface area contributed by atoms with Crippen LogP contribution in [0.15, 0.2) is 46.6 Å². The van der Waals surface area contributed by atoms with Gasteiger partial charge < -0.3 is 0 Å².